The second-order valence-electron chi connectivity index (χ2n) is 10.3. The van der Waals surface area contributed by atoms with Gasteiger partial charge in [-0.15, -0.1) is 0 Å². The van der Waals surface area contributed by atoms with Crippen LogP contribution in [0.25, 0.3) is 11.0 Å². The van der Waals surface area contributed by atoms with E-state index in [1.54, 1.807) is 0 Å². The second kappa shape index (κ2) is 12.3. The van der Waals surface area contributed by atoms with E-state index in [4.69, 9.17) is 18.6 Å². The number of esters is 1. The minimum atomic E-state index is -0.264. The third-order valence-electron chi connectivity index (χ3n) is 7.60. The van der Waals surface area contributed by atoms with Gasteiger partial charge in [-0.05, 0) is 34.9 Å². The molecule has 0 fully saturated rings. The Bertz CT molecular complexity index is 1570. The second-order valence-corrected chi connectivity index (χ2v) is 10.3. The van der Waals surface area contributed by atoms with Crippen molar-refractivity contribution in [1.82, 2.24) is 4.90 Å². The first-order chi connectivity index (χ1) is 20.2. The van der Waals surface area contributed by atoms with Crippen LogP contribution in [-0.4, -0.2) is 37.9 Å². The van der Waals surface area contributed by atoms with Gasteiger partial charge in [0.15, 0.2) is 11.5 Å². The molecule has 0 amide bonds. The van der Waals surface area contributed by atoms with Crippen LogP contribution in [0.15, 0.2) is 108 Å². The number of benzene rings is 4. The molecule has 0 aliphatic carbocycles. The average molecular weight is 548 g/mol. The van der Waals surface area contributed by atoms with Gasteiger partial charge in [0, 0.05) is 42.9 Å². The zero-order valence-corrected chi connectivity index (χ0v) is 23.1. The van der Waals surface area contributed by atoms with E-state index in [0.717, 1.165) is 58.9 Å². The molecule has 6 rings (SSSR count). The van der Waals surface area contributed by atoms with E-state index in [1.165, 1.54) is 18.2 Å². The highest BCUT2D eigenvalue weighted by molar-refractivity contribution is 5.80. The SMILES string of the molecule is COC(=O)Cc1ccc2cc(CCN(Cc3cccc4c3OCO4)CC(c3ccccc3)c3ccccc3)oc2c1. The van der Waals surface area contributed by atoms with Crippen molar-refractivity contribution in [3.63, 3.8) is 0 Å². The molecular weight excluding hydrogens is 514 g/mol. The lowest BCUT2D eigenvalue weighted by Crippen LogP contribution is -2.31. The van der Waals surface area contributed by atoms with Gasteiger partial charge in [-0.3, -0.25) is 9.69 Å². The Kier molecular flexibility index (Phi) is 8.01. The van der Waals surface area contributed by atoms with Crippen LogP contribution in [0.2, 0.25) is 0 Å². The molecule has 0 saturated carbocycles. The Labute approximate surface area is 240 Å². The van der Waals surface area contributed by atoms with Crippen LogP contribution < -0.4 is 9.47 Å². The highest BCUT2D eigenvalue weighted by atomic mass is 16.7. The highest BCUT2D eigenvalue weighted by Gasteiger charge is 2.23. The summed E-state index contributed by atoms with van der Waals surface area (Å²) >= 11 is 0. The van der Waals surface area contributed by atoms with E-state index >= 15 is 0 Å². The largest absolute Gasteiger partial charge is 0.469 e. The fourth-order valence-corrected chi connectivity index (χ4v) is 5.49. The number of methoxy groups -OCH3 is 1. The number of hydrogen-bond donors (Lipinski definition) is 0. The molecule has 5 aromatic rings. The minimum absolute atomic E-state index is 0.197. The molecule has 1 aliphatic heterocycles. The van der Waals surface area contributed by atoms with Crippen molar-refractivity contribution in [2.24, 2.45) is 0 Å². The molecule has 41 heavy (non-hydrogen) atoms. The van der Waals surface area contributed by atoms with Crippen LogP contribution in [0.1, 0.15) is 33.9 Å². The quantitative estimate of drug-likeness (QED) is 0.170. The lowest BCUT2D eigenvalue weighted by Gasteiger charge is -2.28. The van der Waals surface area contributed by atoms with Crippen LogP contribution in [0.4, 0.5) is 0 Å². The number of carbonyl (C=O) groups is 1. The maximum absolute atomic E-state index is 11.7. The molecule has 0 atom stereocenters. The summed E-state index contributed by atoms with van der Waals surface area (Å²) in [6, 6.07) is 35.4. The molecule has 1 aliphatic rings. The molecule has 6 nitrogen and oxygen atoms in total. The Morgan fingerprint density at radius 3 is 2.37 bits per heavy atom. The van der Waals surface area contributed by atoms with Crippen molar-refractivity contribution in [3.8, 4) is 11.5 Å². The molecule has 4 aromatic carbocycles. The van der Waals surface area contributed by atoms with E-state index in [9.17, 15) is 4.79 Å². The molecule has 0 radical (unpaired) electrons. The van der Waals surface area contributed by atoms with Gasteiger partial charge in [0.1, 0.15) is 11.3 Å². The zero-order valence-electron chi connectivity index (χ0n) is 23.1. The predicted octanol–water partition coefficient (Wildman–Crippen LogP) is 6.75. The summed E-state index contributed by atoms with van der Waals surface area (Å²) in [5.41, 5.74) is 5.33. The van der Waals surface area contributed by atoms with E-state index in [-0.39, 0.29) is 25.1 Å². The summed E-state index contributed by atoms with van der Waals surface area (Å²) in [5, 5.41) is 1.03. The third kappa shape index (κ3) is 6.28. The van der Waals surface area contributed by atoms with E-state index in [0.29, 0.717) is 6.54 Å². The van der Waals surface area contributed by atoms with Crippen LogP contribution in [0.3, 0.4) is 0 Å². The lowest BCUT2D eigenvalue weighted by atomic mass is 9.90. The first kappa shape index (κ1) is 26.7. The van der Waals surface area contributed by atoms with Gasteiger partial charge in [-0.25, -0.2) is 0 Å². The summed E-state index contributed by atoms with van der Waals surface area (Å²) in [7, 11) is 1.40. The van der Waals surface area contributed by atoms with Crippen molar-refractivity contribution in [2.75, 3.05) is 27.0 Å². The molecule has 1 aromatic heterocycles. The number of carbonyl (C=O) groups excluding carboxylic acids is 1. The monoisotopic (exact) mass is 547 g/mol. The number of para-hydroxylation sites is 1. The Morgan fingerprint density at radius 2 is 1.63 bits per heavy atom. The van der Waals surface area contributed by atoms with Gasteiger partial charge in [0.25, 0.3) is 0 Å². The summed E-state index contributed by atoms with van der Waals surface area (Å²) in [4.78, 5) is 14.2. The number of ether oxygens (including phenoxy) is 3. The Balaban J connectivity index is 1.27. The molecule has 2 heterocycles. The topological polar surface area (TPSA) is 61.1 Å². The summed E-state index contributed by atoms with van der Waals surface area (Å²) in [5.74, 6) is 2.47. The van der Waals surface area contributed by atoms with Crippen molar-refractivity contribution in [2.45, 2.75) is 25.3 Å². The van der Waals surface area contributed by atoms with Gasteiger partial charge in [0.05, 0.1) is 13.5 Å². The van der Waals surface area contributed by atoms with Gasteiger partial charge >= 0.3 is 5.97 Å². The molecule has 208 valence electrons. The van der Waals surface area contributed by atoms with Gasteiger partial charge in [-0.2, -0.15) is 0 Å². The average Bonchev–Trinajstić information content (AvgIpc) is 3.66. The summed E-state index contributed by atoms with van der Waals surface area (Å²) in [6.45, 7) is 2.57. The fraction of sp³-hybridized carbons (Fsp3) is 0.229. The third-order valence-corrected chi connectivity index (χ3v) is 7.60. The number of fused-ring (bicyclic) bond motifs is 2. The van der Waals surface area contributed by atoms with Gasteiger partial charge < -0.3 is 18.6 Å². The van der Waals surface area contributed by atoms with Crippen LogP contribution in [0, 0.1) is 0 Å². The smallest absolute Gasteiger partial charge is 0.309 e. The van der Waals surface area contributed by atoms with Gasteiger partial charge in [-0.1, -0.05) is 84.9 Å². The maximum atomic E-state index is 11.7. The molecule has 0 spiro atoms. The molecule has 0 N–H and O–H groups in total. The number of nitrogens with zero attached hydrogens (tertiary/aromatic N) is 1. The summed E-state index contributed by atoms with van der Waals surface area (Å²) in [6.07, 6.45) is 0.966. The predicted molar refractivity (Wildman–Crippen MR) is 158 cm³/mol. The maximum Gasteiger partial charge on any atom is 0.309 e. The lowest BCUT2D eigenvalue weighted by molar-refractivity contribution is -0.139. The molecule has 0 saturated heterocycles. The van der Waals surface area contributed by atoms with Crippen LogP contribution >= 0.6 is 0 Å². The van der Waals surface area contributed by atoms with Crippen molar-refractivity contribution in [3.05, 3.63) is 131 Å². The number of furan rings is 1. The van der Waals surface area contributed by atoms with Crippen molar-refractivity contribution < 1.29 is 23.4 Å². The molecule has 6 heteroatoms. The fourth-order valence-electron chi connectivity index (χ4n) is 5.49. The summed E-state index contributed by atoms with van der Waals surface area (Å²) < 4.78 is 22.6. The zero-order chi connectivity index (χ0) is 28.0. The van der Waals surface area contributed by atoms with E-state index < -0.39 is 0 Å². The number of rotatable bonds is 11. The van der Waals surface area contributed by atoms with Crippen LogP contribution in [0.5, 0.6) is 11.5 Å². The normalized spacial score (nSPS) is 12.4. The van der Waals surface area contributed by atoms with E-state index in [1.807, 2.05) is 30.3 Å². The van der Waals surface area contributed by atoms with Gasteiger partial charge in [0.2, 0.25) is 6.79 Å². The molecular formula is C35H33NO5. The molecule has 0 unspecified atom stereocenters. The Hall–Kier alpha value is -4.55. The molecule has 0 bridgehead atoms. The highest BCUT2D eigenvalue weighted by Crippen LogP contribution is 2.36. The Morgan fingerprint density at radius 1 is 0.878 bits per heavy atom. The minimum Gasteiger partial charge on any atom is -0.469 e. The van der Waals surface area contributed by atoms with Crippen molar-refractivity contribution >= 4 is 16.9 Å². The van der Waals surface area contributed by atoms with Crippen LogP contribution in [-0.2, 0) is 28.9 Å². The van der Waals surface area contributed by atoms with E-state index in [2.05, 4.69) is 77.7 Å². The first-order valence-electron chi connectivity index (χ1n) is 13.9. The number of hydrogen-bond acceptors (Lipinski definition) is 6. The standard InChI is InChI=1S/C35H33NO5/c1-38-34(37)20-25-15-16-28-21-30(41-33(28)19-25)17-18-36(22-29-13-8-14-32-35(29)40-24-39-32)23-31(26-9-4-2-5-10-26)27-11-6-3-7-12-27/h2-16,19,21,31H,17-18,20,22-24H2,1H3. The first-order valence-corrected chi connectivity index (χ1v) is 13.9. The van der Waals surface area contributed by atoms with Crippen molar-refractivity contribution in [1.29, 1.82) is 0 Å².